The van der Waals surface area contributed by atoms with Crippen LogP contribution in [0.15, 0.2) is 0 Å². The second-order valence-corrected chi connectivity index (χ2v) is 7.45. The largest absolute Gasteiger partial charge is 0.381 e. The van der Waals surface area contributed by atoms with Crippen LogP contribution >= 0.6 is 0 Å². The molecule has 0 amide bonds. The van der Waals surface area contributed by atoms with E-state index in [-0.39, 0.29) is 0 Å². The summed E-state index contributed by atoms with van der Waals surface area (Å²) in [5.41, 5.74) is 1.15. The van der Waals surface area contributed by atoms with E-state index >= 15 is 0 Å². The van der Waals surface area contributed by atoms with Crippen LogP contribution in [0.5, 0.6) is 0 Å². The summed E-state index contributed by atoms with van der Waals surface area (Å²) in [4.78, 5) is 2.67. The molecule has 1 aliphatic carbocycles. The van der Waals surface area contributed by atoms with Crippen molar-refractivity contribution < 1.29 is 4.74 Å². The first kappa shape index (κ1) is 13.4. The van der Waals surface area contributed by atoms with Gasteiger partial charge in [-0.15, -0.1) is 0 Å². The molecular weight excluding hydrogens is 210 g/mol. The smallest absolute Gasteiger partial charge is 0.0595 e. The van der Waals surface area contributed by atoms with E-state index in [1.807, 2.05) is 7.11 Å². The summed E-state index contributed by atoms with van der Waals surface area (Å²) in [7, 11) is 1.85. The zero-order chi connectivity index (χ0) is 12.5. The fraction of sp³-hybridized carbons (Fsp3) is 1.00. The molecule has 2 fully saturated rings. The van der Waals surface area contributed by atoms with Gasteiger partial charge in [0.15, 0.2) is 0 Å². The van der Waals surface area contributed by atoms with Gasteiger partial charge in [0, 0.05) is 26.7 Å². The zero-order valence-electron chi connectivity index (χ0n) is 12.1. The summed E-state index contributed by atoms with van der Waals surface area (Å²) in [6.45, 7) is 11.0. The third kappa shape index (κ3) is 3.96. The van der Waals surface area contributed by atoms with Crippen molar-refractivity contribution in [3.05, 3.63) is 0 Å². The van der Waals surface area contributed by atoms with Gasteiger partial charge in [-0.3, -0.25) is 0 Å². The van der Waals surface area contributed by atoms with Crippen LogP contribution in [0, 0.1) is 10.8 Å². The second-order valence-electron chi connectivity index (χ2n) is 7.45. The van der Waals surface area contributed by atoms with E-state index in [4.69, 9.17) is 4.74 Å². The Bertz CT molecular complexity index is 244. The Morgan fingerprint density at radius 2 is 1.76 bits per heavy atom. The summed E-state index contributed by atoms with van der Waals surface area (Å²) in [5, 5.41) is 0. The molecule has 17 heavy (non-hydrogen) atoms. The Balaban J connectivity index is 1.78. The maximum absolute atomic E-state index is 5.44. The average molecular weight is 239 g/mol. The Labute approximate surface area is 107 Å². The highest BCUT2D eigenvalue weighted by Crippen LogP contribution is 2.53. The molecule has 1 saturated heterocycles. The van der Waals surface area contributed by atoms with Gasteiger partial charge < -0.3 is 9.64 Å². The van der Waals surface area contributed by atoms with Crippen LogP contribution in [0.4, 0.5) is 0 Å². The van der Waals surface area contributed by atoms with Gasteiger partial charge in [0.05, 0.1) is 6.10 Å². The highest BCUT2D eigenvalue weighted by atomic mass is 16.5. The van der Waals surface area contributed by atoms with E-state index < -0.39 is 0 Å². The molecule has 0 spiro atoms. The topological polar surface area (TPSA) is 12.5 Å². The quantitative estimate of drug-likeness (QED) is 0.746. The van der Waals surface area contributed by atoms with Gasteiger partial charge in [0.25, 0.3) is 0 Å². The van der Waals surface area contributed by atoms with Gasteiger partial charge in [-0.05, 0) is 42.9 Å². The van der Waals surface area contributed by atoms with Crippen LogP contribution < -0.4 is 0 Å². The molecule has 1 aliphatic heterocycles. The summed E-state index contributed by atoms with van der Waals surface area (Å²) >= 11 is 0. The average Bonchev–Trinajstić information content (AvgIpc) is 2.96. The van der Waals surface area contributed by atoms with Crippen molar-refractivity contribution in [2.45, 2.75) is 59.0 Å². The maximum Gasteiger partial charge on any atom is 0.0595 e. The SMILES string of the molecule is COC1CCN(CC2(CC(C)(C)C)CC2)CC1. The van der Waals surface area contributed by atoms with Crippen LogP contribution in [-0.2, 0) is 4.74 Å². The van der Waals surface area contributed by atoms with Gasteiger partial charge in [0.1, 0.15) is 0 Å². The minimum Gasteiger partial charge on any atom is -0.381 e. The molecule has 0 atom stereocenters. The van der Waals surface area contributed by atoms with Gasteiger partial charge in [-0.2, -0.15) is 0 Å². The maximum atomic E-state index is 5.44. The van der Waals surface area contributed by atoms with Gasteiger partial charge in [0.2, 0.25) is 0 Å². The number of rotatable bonds is 4. The molecule has 1 heterocycles. The van der Waals surface area contributed by atoms with Crippen molar-refractivity contribution in [2.24, 2.45) is 10.8 Å². The lowest BCUT2D eigenvalue weighted by Gasteiger charge is -2.35. The predicted molar refractivity (Wildman–Crippen MR) is 72.2 cm³/mol. The van der Waals surface area contributed by atoms with E-state index in [0.717, 1.165) is 0 Å². The number of hydrogen-bond acceptors (Lipinski definition) is 2. The fourth-order valence-electron chi connectivity index (χ4n) is 3.47. The van der Waals surface area contributed by atoms with Crippen LogP contribution in [0.3, 0.4) is 0 Å². The molecule has 2 rings (SSSR count). The molecule has 0 bridgehead atoms. The van der Waals surface area contributed by atoms with E-state index in [2.05, 4.69) is 25.7 Å². The van der Waals surface area contributed by atoms with Crippen molar-refractivity contribution in [1.82, 2.24) is 4.90 Å². The van der Waals surface area contributed by atoms with Crippen LogP contribution in [0.25, 0.3) is 0 Å². The monoisotopic (exact) mass is 239 g/mol. The van der Waals surface area contributed by atoms with E-state index in [1.165, 1.54) is 51.7 Å². The lowest BCUT2D eigenvalue weighted by Crippen LogP contribution is -2.40. The Hall–Kier alpha value is -0.0800. The summed E-state index contributed by atoms with van der Waals surface area (Å²) < 4.78 is 5.44. The highest BCUT2D eigenvalue weighted by molar-refractivity contribution is 4.98. The van der Waals surface area contributed by atoms with E-state index in [1.54, 1.807) is 0 Å². The second kappa shape index (κ2) is 4.89. The molecule has 1 saturated carbocycles. The van der Waals surface area contributed by atoms with Gasteiger partial charge in [-0.25, -0.2) is 0 Å². The molecule has 0 aromatic rings. The molecule has 0 aromatic heterocycles. The number of nitrogens with zero attached hydrogens (tertiary/aromatic N) is 1. The fourth-order valence-corrected chi connectivity index (χ4v) is 3.47. The van der Waals surface area contributed by atoms with Crippen LogP contribution in [-0.4, -0.2) is 37.7 Å². The predicted octanol–water partition coefficient (Wildman–Crippen LogP) is 3.31. The third-order valence-electron chi connectivity index (χ3n) is 4.29. The first-order chi connectivity index (χ1) is 7.92. The molecule has 0 unspecified atom stereocenters. The Morgan fingerprint density at radius 1 is 1.18 bits per heavy atom. The molecule has 2 heteroatoms. The lowest BCUT2D eigenvalue weighted by atomic mass is 9.82. The zero-order valence-corrected chi connectivity index (χ0v) is 12.1. The normalized spacial score (nSPS) is 26.1. The number of methoxy groups -OCH3 is 1. The molecule has 2 aliphatic rings. The van der Waals surface area contributed by atoms with Crippen molar-refractivity contribution >= 4 is 0 Å². The van der Waals surface area contributed by atoms with Gasteiger partial charge >= 0.3 is 0 Å². The summed E-state index contributed by atoms with van der Waals surface area (Å²) in [5.74, 6) is 0. The molecule has 100 valence electrons. The van der Waals surface area contributed by atoms with Gasteiger partial charge in [-0.1, -0.05) is 20.8 Å². The number of likely N-dealkylation sites (tertiary alicyclic amines) is 1. The van der Waals surface area contributed by atoms with Crippen LogP contribution in [0.2, 0.25) is 0 Å². The first-order valence-electron chi connectivity index (χ1n) is 7.18. The number of ether oxygens (including phenoxy) is 1. The molecule has 2 nitrogen and oxygen atoms in total. The van der Waals surface area contributed by atoms with E-state index in [9.17, 15) is 0 Å². The van der Waals surface area contributed by atoms with Crippen molar-refractivity contribution in [3.8, 4) is 0 Å². The first-order valence-corrected chi connectivity index (χ1v) is 7.18. The Morgan fingerprint density at radius 3 is 2.18 bits per heavy atom. The van der Waals surface area contributed by atoms with Crippen molar-refractivity contribution in [2.75, 3.05) is 26.7 Å². The molecule has 0 radical (unpaired) electrons. The third-order valence-corrected chi connectivity index (χ3v) is 4.29. The van der Waals surface area contributed by atoms with E-state index in [0.29, 0.717) is 16.9 Å². The summed E-state index contributed by atoms with van der Waals surface area (Å²) in [6, 6.07) is 0. The standard InChI is InChI=1S/C15H29NO/c1-14(2,3)11-15(7-8-15)12-16-9-5-13(17-4)6-10-16/h13H,5-12H2,1-4H3. The molecule has 0 N–H and O–H groups in total. The minimum atomic E-state index is 0.487. The Kier molecular flexibility index (Phi) is 3.84. The van der Waals surface area contributed by atoms with Crippen molar-refractivity contribution in [1.29, 1.82) is 0 Å². The lowest BCUT2D eigenvalue weighted by molar-refractivity contribution is 0.0323. The van der Waals surface area contributed by atoms with Crippen LogP contribution in [0.1, 0.15) is 52.9 Å². The molecule has 0 aromatic carbocycles. The minimum absolute atomic E-state index is 0.487. The number of hydrogen-bond donors (Lipinski definition) is 0. The molecular formula is C15H29NO. The summed E-state index contributed by atoms with van der Waals surface area (Å²) in [6.07, 6.45) is 7.26. The van der Waals surface area contributed by atoms with Crippen molar-refractivity contribution in [3.63, 3.8) is 0 Å². The highest BCUT2D eigenvalue weighted by Gasteiger charge is 2.46. The number of piperidine rings is 1.